The van der Waals surface area contributed by atoms with Gasteiger partial charge in [-0.05, 0) is 48.4 Å². The molecule has 3 aromatic carbocycles. The van der Waals surface area contributed by atoms with Crippen LogP contribution in [0.3, 0.4) is 0 Å². The van der Waals surface area contributed by atoms with Crippen molar-refractivity contribution < 1.29 is 28.2 Å². The zero-order chi connectivity index (χ0) is 23.6. The lowest BCUT2D eigenvalue weighted by Crippen LogP contribution is -2.38. The van der Waals surface area contributed by atoms with E-state index in [4.69, 9.17) is 4.74 Å². The van der Waals surface area contributed by atoms with Gasteiger partial charge in [0.2, 0.25) is 0 Å². The predicted octanol–water partition coefficient (Wildman–Crippen LogP) is 4.43. The summed E-state index contributed by atoms with van der Waals surface area (Å²) in [6.45, 7) is -0.0178. The van der Waals surface area contributed by atoms with Gasteiger partial charge in [0.25, 0.3) is 5.91 Å². The maximum atomic E-state index is 13.8. The molecule has 0 aliphatic heterocycles. The molecular formula is C26H25F2NO4. The Bertz CT molecular complexity index is 1060. The second-order valence-corrected chi connectivity index (χ2v) is 7.50. The molecule has 1 N–H and O–H groups in total. The molecular weight excluding hydrogens is 428 g/mol. The van der Waals surface area contributed by atoms with Gasteiger partial charge < -0.3 is 14.7 Å². The molecule has 0 aliphatic rings. The molecule has 5 nitrogen and oxygen atoms in total. The highest BCUT2D eigenvalue weighted by Crippen LogP contribution is 2.24. The van der Waals surface area contributed by atoms with Crippen LogP contribution in [-0.2, 0) is 4.74 Å². The molecule has 0 spiro atoms. The van der Waals surface area contributed by atoms with Crippen LogP contribution in [0.5, 0.6) is 0 Å². The fourth-order valence-corrected chi connectivity index (χ4v) is 3.50. The summed E-state index contributed by atoms with van der Waals surface area (Å²) in [5, 5.41) is 9.52. The first-order valence-electron chi connectivity index (χ1n) is 10.6. The fraction of sp³-hybridized carbons (Fsp3) is 0.231. The molecule has 0 radical (unpaired) electrons. The minimum Gasteiger partial charge on any atom is -0.460 e. The number of ether oxygens (including phenoxy) is 1. The van der Waals surface area contributed by atoms with Crippen molar-refractivity contribution in [1.29, 1.82) is 0 Å². The van der Waals surface area contributed by atoms with E-state index >= 15 is 0 Å². The van der Waals surface area contributed by atoms with Gasteiger partial charge in [0.15, 0.2) is 11.6 Å². The van der Waals surface area contributed by atoms with E-state index in [1.807, 2.05) is 0 Å². The summed E-state index contributed by atoms with van der Waals surface area (Å²) in [6, 6.07) is 20.7. The second-order valence-electron chi connectivity index (χ2n) is 7.50. The number of aliphatic hydroxyl groups is 1. The van der Waals surface area contributed by atoms with Crippen LogP contribution >= 0.6 is 0 Å². The molecule has 0 bridgehead atoms. The molecule has 0 heterocycles. The van der Waals surface area contributed by atoms with E-state index < -0.39 is 23.5 Å². The van der Waals surface area contributed by atoms with Crippen molar-refractivity contribution >= 4 is 11.9 Å². The molecule has 7 heteroatoms. The van der Waals surface area contributed by atoms with Gasteiger partial charge in [-0.25, -0.2) is 13.6 Å². The van der Waals surface area contributed by atoms with Gasteiger partial charge in [-0.2, -0.15) is 0 Å². The van der Waals surface area contributed by atoms with Crippen molar-refractivity contribution in [1.82, 2.24) is 4.90 Å². The highest BCUT2D eigenvalue weighted by molar-refractivity contribution is 5.94. The average molecular weight is 453 g/mol. The monoisotopic (exact) mass is 453 g/mol. The first kappa shape index (κ1) is 24.1. The van der Waals surface area contributed by atoms with Crippen LogP contribution in [0.25, 0.3) is 0 Å². The lowest BCUT2D eigenvalue weighted by Gasteiger charge is -2.28. The smallest absolute Gasteiger partial charge is 0.338 e. The Labute approximate surface area is 191 Å². The van der Waals surface area contributed by atoms with E-state index in [1.165, 1.54) is 11.0 Å². The summed E-state index contributed by atoms with van der Waals surface area (Å²) < 4.78 is 32.6. The Hall–Kier alpha value is -3.58. The van der Waals surface area contributed by atoms with Gasteiger partial charge in [0, 0.05) is 24.6 Å². The predicted molar refractivity (Wildman–Crippen MR) is 120 cm³/mol. The Morgan fingerprint density at radius 2 is 1.52 bits per heavy atom. The van der Waals surface area contributed by atoms with Crippen LogP contribution in [0.15, 0.2) is 78.9 Å². The van der Waals surface area contributed by atoms with E-state index in [9.17, 15) is 23.5 Å². The number of carbonyl (C=O) groups excluding carboxylic acids is 2. The van der Waals surface area contributed by atoms with Crippen molar-refractivity contribution in [3.05, 3.63) is 107 Å². The summed E-state index contributed by atoms with van der Waals surface area (Å²) in [7, 11) is 0. The molecule has 1 amide bonds. The average Bonchev–Trinajstić information content (AvgIpc) is 2.85. The van der Waals surface area contributed by atoms with Gasteiger partial charge in [0.05, 0.1) is 12.1 Å². The highest BCUT2D eigenvalue weighted by Gasteiger charge is 2.23. The standard InChI is InChI=1S/C26H25F2NO4/c27-23-12-11-21(17-24(23)28)22(13-15-30)18-29(25(31)19-7-3-1-4-8-19)14-16-33-26(32)20-9-5-2-6-10-20/h1-12,17,22,30H,13-16,18H2. The summed E-state index contributed by atoms with van der Waals surface area (Å²) in [4.78, 5) is 26.9. The van der Waals surface area contributed by atoms with Crippen LogP contribution in [0.2, 0.25) is 0 Å². The van der Waals surface area contributed by atoms with E-state index in [0.29, 0.717) is 16.7 Å². The molecule has 3 aromatic rings. The van der Waals surface area contributed by atoms with Crippen molar-refractivity contribution in [3.8, 4) is 0 Å². The number of rotatable bonds is 10. The van der Waals surface area contributed by atoms with Crippen molar-refractivity contribution in [2.75, 3.05) is 26.3 Å². The lowest BCUT2D eigenvalue weighted by atomic mass is 9.94. The highest BCUT2D eigenvalue weighted by atomic mass is 19.2. The number of aliphatic hydroxyl groups excluding tert-OH is 1. The second kappa shape index (κ2) is 11.9. The molecule has 1 unspecified atom stereocenters. The van der Waals surface area contributed by atoms with Crippen LogP contribution < -0.4 is 0 Å². The SMILES string of the molecule is O=C(OCCN(CC(CCO)c1ccc(F)c(F)c1)C(=O)c1ccccc1)c1ccccc1. The summed E-state index contributed by atoms with van der Waals surface area (Å²) in [6.07, 6.45) is 0.243. The fourth-order valence-electron chi connectivity index (χ4n) is 3.50. The third-order valence-electron chi connectivity index (χ3n) is 5.25. The van der Waals surface area contributed by atoms with E-state index in [1.54, 1.807) is 60.7 Å². The van der Waals surface area contributed by atoms with Crippen molar-refractivity contribution in [3.63, 3.8) is 0 Å². The molecule has 0 aliphatic carbocycles. The first-order valence-corrected chi connectivity index (χ1v) is 10.6. The number of hydrogen-bond acceptors (Lipinski definition) is 4. The summed E-state index contributed by atoms with van der Waals surface area (Å²) in [5.74, 6) is -3.20. The Morgan fingerprint density at radius 1 is 0.879 bits per heavy atom. The van der Waals surface area contributed by atoms with Crippen LogP contribution in [0, 0.1) is 11.6 Å². The number of nitrogens with zero attached hydrogens (tertiary/aromatic N) is 1. The summed E-state index contributed by atoms with van der Waals surface area (Å²) >= 11 is 0. The Balaban J connectivity index is 1.77. The number of hydrogen-bond donors (Lipinski definition) is 1. The van der Waals surface area contributed by atoms with Gasteiger partial charge in [-0.1, -0.05) is 42.5 Å². The normalized spacial score (nSPS) is 11.6. The number of halogens is 2. The molecule has 1 atom stereocenters. The molecule has 0 aromatic heterocycles. The van der Waals surface area contributed by atoms with E-state index in [2.05, 4.69) is 0 Å². The van der Waals surface area contributed by atoms with Gasteiger partial charge in [-0.3, -0.25) is 4.79 Å². The molecule has 3 rings (SSSR count). The van der Waals surface area contributed by atoms with Gasteiger partial charge >= 0.3 is 5.97 Å². The van der Waals surface area contributed by atoms with Crippen LogP contribution in [0.4, 0.5) is 8.78 Å². The topological polar surface area (TPSA) is 66.8 Å². The third kappa shape index (κ3) is 6.70. The van der Waals surface area contributed by atoms with Crippen molar-refractivity contribution in [2.24, 2.45) is 0 Å². The lowest BCUT2D eigenvalue weighted by molar-refractivity contribution is 0.0428. The number of amides is 1. The largest absolute Gasteiger partial charge is 0.460 e. The maximum Gasteiger partial charge on any atom is 0.338 e. The molecule has 172 valence electrons. The van der Waals surface area contributed by atoms with Crippen LogP contribution in [-0.4, -0.2) is 48.2 Å². The maximum absolute atomic E-state index is 13.8. The molecule has 0 saturated carbocycles. The quantitative estimate of drug-likeness (QED) is 0.461. The van der Waals surface area contributed by atoms with Crippen molar-refractivity contribution in [2.45, 2.75) is 12.3 Å². The Kier molecular flexibility index (Phi) is 8.66. The number of carbonyl (C=O) groups is 2. The summed E-state index contributed by atoms with van der Waals surface area (Å²) in [5.41, 5.74) is 1.31. The number of esters is 1. The van der Waals surface area contributed by atoms with Gasteiger partial charge in [0.1, 0.15) is 6.61 Å². The third-order valence-corrected chi connectivity index (χ3v) is 5.25. The Morgan fingerprint density at radius 3 is 2.12 bits per heavy atom. The molecule has 33 heavy (non-hydrogen) atoms. The minimum atomic E-state index is -0.992. The minimum absolute atomic E-state index is 0.0457. The molecule has 0 saturated heterocycles. The zero-order valence-electron chi connectivity index (χ0n) is 18.0. The van der Waals surface area contributed by atoms with E-state index in [0.717, 1.165) is 12.1 Å². The number of benzene rings is 3. The zero-order valence-corrected chi connectivity index (χ0v) is 18.0. The van der Waals surface area contributed by atoms with E-state index in [-0.39, 0.29) is 38.6 Å². The molecule has 0 fully saturated rings. The van der Waals surface area contributed by atoms with Gasteiger partial charge in [-0.15, -0.1) is 0 Å². The van der Waals surface area contributed by atoms with Crippen LogP contribution in [0.1, 0.15) is 38.6 Å². The first-order chi connectivity index (χ1) is 16.0.